The molecule has 2 aromatic rings. The van der Waals surface area contributed by atoms with Gasteiger partial charge in [-0.25, -0.2) is 9.37 Å². The highest BCUT2D eigenvalue weighted by atomic mass is 19.1. The number of nitrogens with zero attached hydrogens (tertiary/aromatic N) is 1. The molecule has 2 rings (SSSR count). The van der Waals surface area contributed by atoms with E-state index in [0.717, 1.165) is 5.69 Å². The van der Waals surface area contributed by atoms with Gasteiger partial charge in [0.15, 0.2) is 0 Å². The van der Waals surface area contributed by atoms with Gasteiger partial charge < -0.3 is 11.1 Å². The SMILES string of the molecule is CC(Nc1ccc(N)nc1)c1ccccc1F. The molecule has 0 saturated heterocycles. The van der Waals surface area contributed by atoms with Crippen LogP contribution >= 0.6 is 0 Å². The van der Waals surface area contributed by atoms with Crippen molar-refractivity contribution in [1.29, 1.82) is 0 Å². The molecule has 0 saturated carbocycles. The lowest BCUT2D eigenvalue weighted by molar-refractivity contribution is 0.600. The average molecular weight is 231 g/mol. The molecule has 3 nitrogen and oxygen atoms in total. The van der Waals surface area contributed by atoms with Crippen LogP contribution in [0.1, 0.15) is 18.5 Å². The maximum absolute atomic E-state index is 13.5. The number of nitrogens with two attached hydrogens (primary N) is 1. The summed E-state index contributed by atoms with van der Waals surface area (Å²) in [6.07, 6.45) is 1.63. The summed E-state index contributed by atoms with van der Waals surface area (Å²) in [5, 5.41) is 3.17. The van der Waals surface area contributed by atoms with Crippen LogP contribution in [0.4, 0.5) is 15.9 Å². The Bertz CT molecular complexity index is 496. The third-order valence-corrected chi connectivity index (χ3v) is 2.54. The monoisotopic (exact) mass is 231 g/mol. The Morgan fingerprint density at radius 3 is 2.65 bits per heavy atom. The van der Waals surface area contributed by atoms with Gasteiger partial charge >= 0.3 is 0 Å². The Hall–Kier alpha value is -2.10. The molecule has 0 aliphatic rings. The van der Waals surface area contributed by atoms with Gasteiger partial charge in [0.1, 0.15) is 11.6 Å². The molecule has 0 spiro atoms. The Labute approximate surface area is 99.5 Å². The van der Waals surface area contributed by atoms with E-state index >= 15 is 0 Å². The molecule has 1 atom stereocenters. The Balaban J connectivity index is 2.14. The first-order valence-corrected chi connectivity index (χ1v) is 5.39. The largest absolute Gasteiger partial charge is 0.384 e. The third kappa shape index (κ3) is 2.72. The fraction of sp³-hybridized carbons (Fsp3) is 0.154. The van der Waals surface area contributed by atoms with Crippen molar-refractivity contribution < 1.29 is 4.39 Å². The summed E-state index contributed by atoms with van der Waals surface area (Å²) < 4.78 is 13.5. The van der Waals surface area contributed by atoms with E-state index in [-0.39, 0.29) is 11.9 Å². The number of pyridine rings is 1. The van der Waals surface area contributed by atoms with Crippen LogP contribution in [0.25, 0.3) is 0 Å². The zero-order chi connectivity index (χ0) is 12.3. The zero-order valence-corrected chi connectivity index (χ0v) is 9.52. The number of hydrogen-bond acceptors (Lipinski definition) is 3. The summed E-state index contributed by atoms with van der Waals surface area (Å²) in [6, 6.07) is 10.1. The van der Waals surface area contributed by atoms with E-state index in [1.54, 1.807) is 24.4 Å². The molecular weight excluding hydrogens is 217 g/mol. The molecule has 1 aromatic heterocycles. The Morgan fingerprint density at radius 1 is 1.24 bits per heavy atom. The van der Waals surface area contributed by atoms with Crippen LogP contribution in [0.3, 0.4) is 0 Å². The molecule has 4 heteroatoms. The van der Waals surface area contributed by atoms with E-state index in [2.05, 4.69) is 10.3 Å². The van der Waals surface area contributed by atoms with Gasteiger partial charge in [-0.15, -0.1) is 0 Å². The Morgan fingerprint density at radius 2 is 2.00 bits per heavy atom. The van der Waals surface area contributed by atoms with Gasteiger partial charge in [-0.2, -0.15) is 0 Å². The molecule has 0 aliphatic carbocycles. The molecule has 0 aliphatic heterocycles. The van der Waals surface area contributed by atoms with Crippen LogP contribution in [-0.4, -0.2) is 4.98 Å². The van der Waals surface area contributed by atoms with Gasteiger partial charge in [0.25, 0.3) is 0 Å². The fourth-order valence-corrected chi connectivity index (χ4v) is 1.64. The predicted octanol–water partition coefficient (Wildman–Crippen LogP) is 2.98. The first kappa shape index (κ1) is 11.4. The summed E-state index contributed by atoms with van der Waals surface area (Å²) in [6.45, 7) is 1.90. The minimum absolute atomic E-state index is 0.123. The van der Waals surface area contributed by atoms with Crippen LogP contribution in [-0.2, 0) is 0 Å². The first-order chi connectivity index (χ1) is 8.16. The maximum Gasteiger partial charge on any atom is 0.128 e. The van der Waals surface area contributed by atoms with Crippen LogP contribution in [0, 0.1) is 5.82 Å². The van der Waals surface area contributed by atoms with E-state index in [1.165, 1.54) is 6.07 Å². The van der Waals surface area contributed by atoms with Crippen molar-refractivity contribution in [2.24, 2.45) is 0 Å². The smallest absolute Gasteiger partial charge is 0.128 e. The number of rotatable bonds is 3. The van der Waals surface area contributed by atoms with Crippen molar-refractivity contribution in [2.45, 2.75) is 13.0 Å². The topological polar surface area (TPSA) is 50.9 Å². The summed E-state index contributed by atoms with van der Waals surface area (Å²) in [7, 11) is 0. The minimum atomic E-state index is -0.212. The summed E-state index contributed by atoms with van der Waals surface area (Å²) in [4.78, 5) is 3.97. The zero-order valence-electron chi connectivity index (χ0n) is 9.52. The van der Waals surface area contributed by atoms with Gasteiger partial charge in [-0.3, -0.25) is 0 Å². The van der Waals surface area contributed by atoms with Gasteiger partial charge in [0.2, 0.25) is 0 Å². The number of nitrogens with one attached hydrogen (secondary N) is 1. The van der Waals surface area contributed by atoms with Crippen molar-refractivity contribution in [3.8, 4) is 0 Å². The number of halogens is 1. The van der Waals surface area contributed by atoms with Crippen molar-refractivity contribution in [3.63, 3.8) is 0 Å². The van der Waals surface area contributed by atoms with E-state index in [0.29, 0.717) is 11.4 Å². The normalized spacial score (nSPS) is 12.1. The number of aromatic nitrogens is 1. The van der Waals surface area contributed by atoms with Crippen molar-refractivity contribution >= 4 is 11.5 Å². The molecule has 17 heavy (non-hydrogen) atoms. The molecule has 1 aromatic carbocycles. The standard InChI is InChI=1S/C13H14FN3/c1-9(11-4-2-3-5-12(11)14)17-10-6-7-13(15)16-8-10/h2-9,17H,1H3,(H2,15,16). The second-order valence-corrected chi connectivity index (χ2v) is 3.86. The summed E-state index contributed by atoms with van der Waals surface area (Å²) in [5.74, 6) is 0.255. The molecule has 0 amide bonds. The molecule has 0 fully saturated rings. The molecule has 0 bridgehead atoms. The summed E-state index contributed by atoms with van der Waals surface area (Å²) in [5.41, 5.74) is 6.94. The van der Waals surface area contributed by atoms with E-state index in [4.69, 9.17) is 5.73 Å². The second kappa shape index (κ2) is 4.82. The number of anilines is 2. The number of nitrogen functional groups attached to an aromatic ring is 1. The minimum Gasteiger partial charge on any atom is -0.384 e. The van der Waals surface area contributed by atoms with Crippen LogP contribution in [0.5, 0.6) is 0 Å². The summed E-state index contributed by atoms with van der Waals surface area (Å²) >= 11 is 0. The van der Waals surface area contributed by atoms with E-state index in [9.17, 15) is 4.39 Å². The molecule has 1 unspecified atom stereocenters. The van der Waals surface area contributed by atoms with Gasteiger partial charge in [-0.05, 0) is 25.1 Å². The lowest BCUT2D eigenvalue weighted by Crippen LogP contribution is -2.08. The molecule has 88 valence electrons. The highest BCUT2D eigenvalue weighted by molar-refractivity contribution is 5.47. The second-order valence-electron chi connectivity index (χ2n) is 3.86. The molecule has 0 radical (unpaired) electrons. The lowest BCUT2D eigenvalue weighted by Gasteiger charge is -2.16. The van der Waals surface area contributed by atoms with Crippen molar-refractivity contribution in [3.05, 3.63) is 54.0 Å². The highest BCUT2D eigenvalue weighted by Gasteiger charge is 2.09. The number of benzene rings is 1. The lowest BCUT2D eigenvalue weighted by atomic mass is 10.1. The molecule has 3 N–H and O–H groups in total. The van der Waals surface area contributed by atoms with Crippen molar-refractivity contribution in [2.75, 3.05) is 11.1 Å². The fourth-order valence-electron chi connectivity index (χ4n) is 1.64. The predicted molar refractivity (Wildman–Crippen MR) is 67.1 cm³/mol. The van der Waals surface area contributed by atoms with Crippen molar-refractivity contribution in [1.82, 2.24) is 4.98 Å². The van der Waals surface area contributed by atoms with Gasteiger partial charge in [0.05, 0.1) is 17.9 Å². The highest BCUT2D eigenvalue weighted by Crippen LogP contribution is 2.21. The number of hydrogen-bond donors (Lipinski definition) is 2. The van der Waals surface area contributed by atoms with Gasteiger partial charge in [0, 0.05) is 5.56 Å². The molecular formula is C13H14FN3. The van der Waals surface area contributed by atoms with Crippen LogP contribution in [0.15, 0.2) is 42.6 Å². The van der Waals surface area contributed by atoms with Gasteiger partial charge in [-0.1, -0.05) is 18.2 Å². The third-order valence-electron chi connectivity index (χ3n) is 2.54. The quantitative estimate of drug-likeness (QED) is 0.853. The average Bonchev–Trinajstić information content (AvgIpc) is 2.32. The van der Waals surface area contributed by atoms with E-state index in [1.807, 2.05) is 19.1 Å². The first-order valence-electron chi connectivity index (χ1n) is 5.39. The Kier molecular flexibility index (Phi) is 3.23. The van der Waals surface area contributed by atoms with E-state index < -0.39 is 0 Å². The maximum atomic E-state index is 13.5. The molecule has 1 heterocycles. The van der Waals surface area contributed by atoms with Crippen LogP contribution < -0.4 is 11.1 Å². The van der Waals surface area contributed by atoms with Crippen LogP contribution in [0.2, 0.25) is 0 Å².